The maximum atomic E-state index is 12.9. The average molecular weight is 354 g/mol. The average Bonchev–Trinajstić information content (AvgIpc) is 3.28. The quantitative estimate of drug-likeness (QED) is 0.779. The molecule has 0 bridgehead atoms. The molecule has 0 unspecified atom stereocenters. The highest BCUT2D eigenvalue weighted by molar-refractivity contribution is 7.90. The Morgan fingerprint density at radius 3 is 2.52 bits per heavy atom. The van der Waals surface area contributed by atoms with Crippen molar-refractivity contribution >= 4 is 38.1 Å². The molecular formula is C18H18N4O2S. The second kappa shape index (κ2) is 6.00. The van der Waals surface area contributed by atoms with Gasteiger partial charge in [0, 0.05) is 17.3 Å². The Morgan fingerprint density at radius 1 is 1.08 bits per heavy atom. The Bertz CT molecular complexity index is 1060. The lowest BCUT2D eigenvalue weighted by Gasteiger charge is -2.08. The van der Waals surface area contributed by atoms with Gasteiger partial charge in [0.25, 0.3) is 10.0 Å². The molecule has 2 heterocycles. The second-order valence-electron chi connectivity index (χ2n) is 6.11. The summed E-state index contributed by atoms with van der Waals surface area (Å²) in [6, 6.07) is 10.0. The molecule has 3 aromatic rings. The van der Waals surface area contributed by atoms with Gasteiger partial charge in [-0.25, -0.2) is 17.4 Å². The molecule has 0 aliphatic heterocycles. The van der Waals surface area contributed by atoms with Gasteiger partial charge in [-0.3, -0.25) is 4.99 Å². The molecule has 1 aliphatic rings. The number of nitrogen functional groups attached to an aromatic ring is 1. The molecule has 1 aromatic carbocycles. The normalized spacial score (nSPS) is 15.0. The van der Waals surface area contributed by atoms with Crippen LogP contribution in [-0.4, -0.2) is 23.1 Å². The van der Waals surface area contributed by atoms with E-state index in [0.29, 0.717) is 22.4 Å². The molecule has 2 aromatic heterocycles. The molecule has 1 fully saturated rings. The lowest BCUT2D eigenvalue weighted by atomic mass is 10.2. The van der Waals surface area contributed by atoms with Gasteiger partial charge in [0.05, 0.1) is 22.5 Å². The van der Waals surface area contributed by atoms with Crippen molar-refractivity contribution in [3.05, 3.63) is 48.8 Å². The van der Waals surface area contributed by atoms with Gasteiger partial charge in [-0.15, -0.1) is 0 Å². The third kappa shape index (κ3) is 2.70. The zero-order valence-electron chi connectivity index (χ0n) is 13.6. The van der Waals surface area contributed by atoms with Crippen molar-refractivity contribution in [2.75, 3.05) is 5.73 Å². The van der Waals surface area contributed by atoms with Crippen molar-refractivity contribution in [2.45, 2.75) is 30.6 Å². The first kappa shape index (κ1) is 15.8. The number of aromatic nitrogens is 2. The summed E-state index contributed by atoms with van der Waals surface area (Å²) >= 11 is 0. The lowest BCUT2D eigenvalue weighted by molar-refractivity contribution is 0.589. The smallest absolute Gasteiger partial charge is 0.269 e. The molecule has 1 aliphatic carbocycles. The lowest BCUT2D eigenvalue weighted by Crippen LogP contribution is -2.12. The van der Waals surface area contributed by atoms with Gasteiger partial charge >= 0.3 is 0 Å². The fraction of sp³-hybridized carbons (Fsp3) is 0.222. The van der Waals surface area contributed by atoms with Crippen LogP contribution in [0.5, 0.6) is 0 Å². The van der Waals surface area contributed by atoms with Crippen molar-refractivity contribution < 1.29 is 8.42 Å². The first-order valence-corrected chi connectivity index (χ1v) is 9.64. The van der Waals surface area contributed by atoms with Crippen LogP contribution < -0.4 is 5.73 Å². The summed E-state index contributed by atoms with van der Waals surface area (Å²) in [5.74, 6) is 0. The first-order valence-electron chi connectivity index (χ1n) is 8.20. The molecule has 0 spiro atoms. The minimum atomic E-state index is -3.71. The highest BCUT2D eigenvalue weighted by Gasteiger charge is 2.21. The Morgan fingerprint density at radius 2 is 1.80 bits per heavy atom. The molecule has 1 saturated carbocycles. The van der Waals surface area contributed by atoms with E-state index in [2.05, 4.69) is 4.98 Å². The van der Waals surface area contributed by atoms with E-state index in [-0.39, 0.29) is 4.90 Å². The Kier molecular flexibility index (Phi) is 3.80. The van der Waals surface area contributed by atoms with Gasteiger partial charge in [-0.2, -0.15) is 0 Å². The summed E-state index contributed by atoms with van der Waals surface area (Å²) in [5, 5.41) is 0.652. The van der Waals surface area contributed by atoms with Crippen molar-refractivity contribution in [3.63, 3.8) is 0 Å². The van der Waals surface area contributed by atoms with Crippen molar-refractivity contribution in [3.8, 4) is 0 Å². The third-order valence-electron chi connectivity index (χ3n) is 4.43. The minimum absolute atomic E-state index is 0.217. The number of nitrogens with zero attached hydrogens (tertiary/aromatic N) is 3. The fourth-order valence-electron chi connectivity index (χ4n) is 3.14. The summed E-state index contributed by atoms with van der Waals surface area (Å²) in [5.41, 5.74) is 8.59. The second-order valence-corrected chi connectivity index (χ2v) is 7.93. The number of nitrogens with two attached hydrogens (primary N) is 1. The summed E-state index contributed by atoms with van der Waals surface area (Å²) in [4.78, 5) is 9.17. The largest absolute Gasteiger partial charge is 0.396 e. The minimum Gasteiger partial charge on any atom is -0.396 e. The predicted molar refractivity (Wildman–Crippen MR) is 98.7 cm³/mol. The van der Waals surface area contributed by atoms with Crippen molar-refractivity contribution in [1.29, 1.82) is 0 Å². The van der Waals surface area contributed by atoms with E-state index in [9.17, 15) is 8.42 Å². The number of fused-ring (bicyclic) bond motifs is 1. The van der Waals surface area contributed by atoms with Crippen LogP contribution in [0.15, 0.2) is 58.7 Å². The van der Waals surface area contributed by atoms with Gasteiger partial charge in [0.2, 0.25) is 0 Å². The van der Waals surface area contributed by atoms with E-state index in [1.54, 1.807) is 36.4 Å². The van der Waals surface area contributed by atoms with Crippen LogP contribution in [-0.2, 0) is 10.0 Å². The number of pyridine rings is 1. The summed E-state index contributed by atoms with van der Waals surface area (Å²) in [6.45, 7) is 0. The van der Waals surface area contributed by atoms with Gasteiger partial charge < -0.3 is 5.73 Å². The summed E-state index contributed by atoms with van der Waals surface area (Å²) < 4.78 is 27.0. The van der Waals surface area contributed by atoms with Crippen LogP contribution in [0.4, 0.5) is 11.4 Å². The standard InChI is InChI=1S/C18H18N4O2S/c19-16-12-20-18-15(17(16)21-13-6-4-5-7-13)10-11-22(18)25(23,24)14-8-2-1-3-9-14/h1-3,8-12H,4-7,19H2. The molecule has 0 atom stereocenters. The SMILES string of the molecule is Nc1cnc2c(ccn2S(=O)(=O)c2ccccc2)c1N=C1CCCC1. The summed E-state index contributed by atoms with van der Waals surface area (Å²) in [7, 11) is -3.71. The molecule has 0 amide bonds. The van der Waals surface area contributed by atoms with E-state index in [0.717, 1.165) is 31.4 Å². The number of hydrogen-bond acceptors (Lipinski definition) is 5. The van der Waals surface area contributed by atoms with E-state index in [1.807, 2.05) is 0 Å². The van der Waals surface area contributed by atoms with Crippen LogP contribution in [0.25, 0.3) is 11.0 Å². The molecule has 25 heavy (non-hydrogen) atoms. The molecule has 6 nitrogen and oxygen atoms in total. The number of aliphatic imine (C=N–C) groups is 1. The summed E-state index contributed by atoms with van der Waals surface area (Å²) in [6.07, 6.45) is 7.19. The number of benzene rings is 1. The molecule has 0 saturated heterocycles. The van der Waals surface area contributed by atoms with Crippen LogP contribution in [0.1, 0.15) is 25.7 Å². The molecule has 2 N–H and O–H groups in total. The highest BCUT2D eigenvalue weighted by atomic mass is 32.2. The van der Waals surface area contributed by atoms with E-state index in [1.165, 1.54) is 16.4 Å². The Balaban J connectivity index is 1.90. The van der Waals surface area contributed by atoms with E-state index >= 15 is 0 Å². The zero-order chi connectivity index (χ0) is 17.4. The maximum absolute atomic E-state index is 12.9. The van der Waals surface area contributed by atoms with Crippen LogP contribution >= 0.6 is 0 Å². The van der Waals surface area contributed by atoms with Crippen molar-refractivity contribution in [1.82, 2.24) is 8.96 Å². The van der Waals surface area contributed by atoms with Gasteiger partial charge in [-0.1, -0.05) is 18.2 Å². The van der Waals surface area contributed by atoms with Gasteiger partial charge in [-0.05, 0) is 43.9 Å². The van der Waals surface area contributed by atoms with E-state index < -0.39 is 10.0 Å². The van der Waals surface area contributed by atoms with E-state index in [4.69, 9.17) is 10.7 Å². The monoisotopic (exact) mass is 354 g/mol. The molecule has 7 heteroatoms. The fourth-order valence-corrected chi connectivity index (χ4v) is 4.46. The predicted octanol–water partition coefficient (Wildman–Crippen LogP) is 3.50. The molecule has 128 valence electrons. The van der Waals surface area contributed by atoms with Crippen LogP contribution in [0, 0.1) is 0 Å². The highest BCUT2D eigenvalue weighted by Crippen LogP contribution is 2.34. The number of rotatable bonds is 3. The topological polar surface area (TPSA) is 90.3 Å². The third-order valence-corrected chi connectivity index (χ3v) is 6.11. The molecule has 4 rings (SSSR count). The Labute approximate surface area is 146 Å². The number of anilines is 1. The maximum Gasteiger partial charge on any atom is 0.269 e. The van der Waals surface area contributed by atoms with Crippen molar-refractivity contribution in [2.24, 2.45) is 4.99 Å². The van der Waals surface area contributed by atoms with Gasteiger partial charge in [0.1, 0.15) is 0 Å². The molecular weight excluding hydrogens is 336 g/mol. The Hall–Kier alpha value is -2.67. The number of hydrogen-bond donors (Lipinski definition) is 1. The van der Waals surface area contributed by atoms with Crippen LogP contribution in [0.2, 0.25) is 0 Å². The zero-order valence-corrected chi connectivity index (χ0v) is 14.4. The first-order chi connectivity index (χ1) is 12.1. The van der Waals surface area contributed by atoms with Crippen LogP contribution in [0.3, 0.4) is 0 Å². The molecule has 0 radical (unpaired) electrons. The van der Waals surface area contributed by atoms with Gasteiger partial charge in [0.15, 0.2) is 5.65 Å².